The SMILES string of the molecule is CN(C(=O)[C@H]1CCCNC1)[C@H]1CCSC1. The van der Waals surface area contributed by atoms with Gasteiger partial charge in [-0.15, -0.1) is 0 Å². The highest BCUT2D eigenvalue weighted by Crippen LogP contribution is 2.23. The lowest BCUT2D eigenvalue weighted by molar-refractivity contribution is -0.136. The fourth-order valence-electron chi connectivity index (χ4n) is 2.36. The van der Waals surface area contributed by atoms with E-state index in [0.717, 1.165) is 31.7 Å². The zero-order valence-corrected chi connectivity index (χ0v) is 10.2. The molecule has 2 rings (SSSR count). The lowest BCUT2D eigenvalue weighted by Gasteiger charge is -2.30. The molecule has 0 aromatic carbocycles. The van der Waals surface area contributed by atoms with Crippen LogP contribution in [0.3, 0.4) is 0 Å². The molecule has 86 valence electrons. The number of rotatable bonds is 2. The minimum Gasteiger partial charge on any atom is -0.342 e. The van der Waals surface area contributed by atoms with Gasteiger partial charge in [0.05, 0.1) is 5.92 Å². The molecule has 15 heavy (non-hydrogen) atoms. The predicted octanol–water partition coefficient (Wildman–Crippen LogP) is 0.950. The molecular weight excluding hydrogens is 208 g/mol. The minimum absolute atomic E-state index is 0.231. The lowest BCUT2D eigenvalue weighted by Crippen LogP contribution is -2.45. The summed E-state index contributed by atoms with van der Waals surface area (Å²) in [5, 5.41) is 3.31. The van der Waals surface area contributed by atoms with Crippen molar-refractivity contribution in [3.63, 3.8) is 0 Å². The molecule has 0 aliphatic carbocycles. The second-order valence-corrected chi connectivity index (χ2v) is 5.66. The molecule has 2 aliphatic rings. The van der Waals surface area contributed by atoms with Gasteiger partial charge in [-0.2, -0.15) is 11.8 Å². The van der Waals surface area contributed by atoms with E-state index in [4.69, 9.17) is 0 Å². The van der Waals surface area contributed by atoms with Gasteiger partial charge < -0.3 is 10.2 Å². The number of carbonyl (C=O) groups excluding carboxylic acids is 1. The van der Waals surface area contributed by atoms with E-state index in [2.05, 4.69) is 5.32 Å². The fraction of sp³-hybridized carbons (Fsp3) is 0.909. The van der Waals surface area contributed by atoms with Crippen LogP contribution in [0.15, 0.2) is 0 Å². The van der Waals surface area contributed by atoms with Crippen molar-refractivity contribution in [3.8, 4) is 0 Å². The average molecular weight is 228 g/mol. The Kier molecular flexibility index (Phi) is 3.92. The van der Waals surface area contributed by atoms with Crippen LogP contribution >= 0.6 is 11.8 Å². The van der Waals surface area contributed by atoms with Crippen LogP contribution in [-0.2, 0) is 4.79 Å². The molecule has 2 heterocycles. The van der Waals surface area contributed by atoms with Crippen molar-refractivity contribution >= 4 is 17.7 Å². The summed E-state index contributed by atoms with van der Waals surface area (Å²) >= 11 is 1.97. The van der Waals surface area contributed by atoms with Gasteiger partial charge in [0.15, 0.2) is 0 Å². The molecule has 0 aromatic rings. The van der Waals surface area contributed by atoms with Crippen LogP contribution in [0.1, 0.15) is 19.3 Å². The summed E-state index contributed by atoms with van der Waals surface area (Å²) < 4.78 is 0. The molecule has 4 heteroatoms. The maximum atomic E-state index is 12.2. The maximum Gasteiger partial charge on any atom is 0.226 e. The second-order valence-electron chi connectivity index (χ2n) is 4.51. The molecule has 2 aliphatic heterocycles. The summed E-state index contributed by atoms with van der Waals surface area (Å²) in [4.78, 5) is 14.2. The lowest BCUT2D eigenvalue weighted by atomic mass is 9.97. The Hall–Kier alpha value is -0.220. The van der Waals surface area contributed by atoms with Gasteiger partial charge in [-0.3, -0.25) is 4.79 Å². The third-order valence-electron chi connectivity index (χ3n) is 3.45. The van der Waals surface area contributed by atoms with Crippen molar-refractivity contribution in [1.82, 2.24) is 10.2 Å². The third kappa shape index (κ3) is 2.67. The number of piperidine rings is 1. The smallest absolute Gasteiger partial charge is 0.226 e. The molecule has 2 fully saturated rings. The summed E-state index contributed by atoms with van der Waals surface area (Å²) in [7, 11) is 1.98. The first-order chi connectivity index (χ1) is 7.29. The first-order valence-corrected chi connectivity index (χ1v) is 6.99. The number of thioether (sulfide) groups is 1. The molecule has 0 unspecified atom stereocenters. The van der Waals surface area contributed by atoms with E-state index in [-0.39, 0.29) is 5.92 Å². The van der Waals surface area contributed by atoms with Crippen LogP contribution in [0.2, 0.25) is 0 Å². The number of hydrogen-bond donors (Lipinski definition) is 1. The van der Waals surface area contributed by atoms with Crippen LogP contribution in [0.4, 0.5) is 0 Å². The highest BCUT2D eigenvalue weighted by atomic mass is 32.2. The Labute approximate surface area is 96.0 Å². The molecule has 3 nitrogen and oxygen atoms in total. The Balaban J connectivity index is 1.87. The topological polar surface area (TPSA) is 32.3 Å². The Morgan fingerprint density at radius 3 is 2.93 bits per heavy atom. The zero-order valence-electron chi connectivity index (χ0n) is 9.37. The number of carbonyl (C=O) groups is 1. The molecular formula is C11H20N2OS. The molecule has 2 saturated heterocycles. The van der Waals surface area contributed by atoms with Crippen LogP contribution in [0.25, 0.3) is 0 Å². The number of amides is 1. The second kappa shape index (κ2) is 5.21. The molecule has 0 spiro atoms. The normalized spacial score (nSPS) is 31.5. The quantitative estimate of drug-likeness (QED) is 0.764. The average Bonchev–Trinajstić information content (AvgIpc) is 2.82. The Bertz CT molecular complexity index is 223. The van der Waals surface area contributed by atoms with E-state index in [1.807, 2.05) is 23.7 Å². The van der Waals surface area contributed by atoms with Gasteiger partial charge in [0.25, 0.3) is 0 Å². The number of nitrogens with one attached hydrogen (secondary N) is 1. The predicted molar refractivity (Wildman–Crippen MR) is 64.1 cm³/mol. The largest absolute Gasteiger partial charge is 0.342 e. The Morgan fingerprint density at radius 2 is 2.33 bits per heavy atom. The van der Waals surface area contributed by atoms with Gasteiger partial charge in [0.1, 0.15) is 0 Å². The molecule has 0 aromatic heterocycles. The highest BCUT2D eigenvalue weighted by Gasteiger charge is 2.29. The molecule has 1 amide bonds. The van der Waals surface area contributed by atoms with Gasteiger partial charge in [-0.05, 0) is 31.6 Å². The van der Waals surface area contributed by atoms with Gasteiger partial charge in [0.2, 0.25) is 5.91 Å². The molecule has 1 N–H and O–H groups in total. The van der Waals surface area contributed by atoms with Gasteiger partial charge >= 0.3 is 0 Å². The first-order valence-electron chi connectivity index (χ1n) is 5.84. The van der Waals surface area contributed by atoms with E-state index in [9.17, 15) is 4.79 Å². The van der Waals surface area contributed by atoms with Crippen LogP contribution in [0, 0.1) is 5.92 Å². The summed E-state index contributed by atoms with van der Waals surface area (Å²) in [6, 6.07) is 0.490. The van der Waals surface area contributed by atoms with Crippen LogP contribution in [0.5, 0.6) is 0 Å². The van der Waals surface area contributed by atoms with Gasteiger partial charge in [-0.1, -0.05) is 0 Å². The van der Waals surface area contributed by atoms with E-state index >= 15 is 0 Å². The summed E-state index contributed by atoms with van der Waals surface area (Å²) in [5.41, 5.74) is 0. The maximum absolute atomic E-state index is 12.2. The van der Waals surface area contributed by atoms with E-state index in [1.54, 1.807) is 0 Å². The molecule has 0 radical (unpaired) electrons. The molecule has 0 saturated carbocycles. The molecule has 0 bridgehead atoms. The zero-order chi connectivity index (χ0) is 10.7. The van der Waals surface area contributed by atoms with Crippen molar-refractivity contribution in [2.24, 2.45) is 5.92 Å². The monoisotopic (exact) mass is 228 g/mol. The van der Waals surface area contributed by atoms with Gasteiger partial charge in [-0.25, -0.2) is 0 Å². The summed E-state index contributed by atoms with van der Waals surface area (Å²) in [6.45, 7) is 1.95. The first kappa shape index (κ1) is 11.3. The number of nitrogens with zero attached hydrogens (tertiary/aromatic N) is 1. The Morgan fingerprint density at radius 1 is 1.47 bits per heavy atom. The van der Waals surface area contributed by atoms with Crippen molar-refractivity contribution < 1.29 is 4.79 Å². The number of hydrogen-bond acceptors (Lipinski definition) is 3. The third-order valence-corrected chi connectivity index (χ3v) is 4.59. The van der Waals surface area contributed by atoms with Crippen molar-refractivity contribution in [1.29, 1.82) is 0 Å². The highest BCUT2D eigenvalue weighted by molar-refractivity contribution is 7.99. The minimum atomic E-state index is 0.231. The molecule has 2 atom stereocenters. The van der Waals surface area contributed by atoms with Crippen molar-refractivity contribution in [3.05, 3.63) is 0 Å². The van der Waals surface area contributed by atoms with E-state index < -0.39 is 0 Å². The van der Waals surface area contributed by atoms with Crippen LogP contribution in [-0.4, -0.2) is 48.5 Å². The van der Waals surface area contributed by atoms with Crippen LogP contribution < -0.4 is 5.32 Å². The van der Waals surface area contributed by atoms with Crippen molar-refractivity contribution in [2.75, 3.05) is 31.6 Å². The summed E-state index contributed by atoms with van der Waals surface area (Å²) in [5.74, 6) is 2.93. The van der Waals surface area contributed by atoms with Crippen molar-refractivity contribution in [2.45, 2.75) is 25.3 Å². The summed E-state index contributed by atoms with van der Waals surface area (Å²) in [6.07, 6.45) is 3.38. The fourth-order valence-corrected chi connectivity index (χ4v) is 3.63. The van der Waals surface area contributed by atoms with Gasteiger partial charge in [0, 0.05) is 25.4 Å². The van der Waals surface area contributed by atoms with E-state index in [0.29, 0.717) is 11.9 Å². The standard InChI is InChI=1S/C11H20N2OS/c1-13(10-4-6-15-8-10)11(14)9-3-2-5-12-7-9/h9-10,12H,2-8H2,1H3/t9-,10-/m0/s1. The van der Waals surface area contributed by atoms with E-state index in [1.165, 1.54) is 12.2 Å².